The van der Waals surface area contributed by atoms with Crippen molar-refractivity contribution in [3.05, 3.63) is 141 Å². The fourth-order valence-corrected chi connectivity index (χ4v) is 5.68. The van der Waals surface area contributed by atoms with E-state index >= 15 is 0 Å². The molecule has 2 heterocycles. The second-order valence-electron chi connectivity index (χ2n) is 8.52. The Morgan fingerprint density at radius 3 is 1.37 bits per heavy atom. The fourth-order valence-electron chi connectivity index (χ4n) is 3.82. The first-order valence-electron chi connectivity index (χ1n) is 12.3. The summed E-state index contributed by atoms with van der Waals surface area (Å²) in [6, 6.07) is 29.8. The molecule has 0 amide bonds. The predicted octanol–water partition coefficient (Wildman–Crippen LogP) is 9.06. The quantitative estimate of drug-likeness (QED) is 0.158. The Morgan fingerprint density at radius 2 is 1.00 bits per heavy atom. The monoisotopic (exact) mass is 623 g/mol. The van der Waals surface area contributed by atoms with Crippen LogP contribution in [0.5, 0.6) is 11.5 Å². The van der Waals surface area contributed by atoms with Crippen molar-refractivity contribution in [1.82, 2.24) is 0 Å². The molecular weight excluding hydrogens is 599 g/mol. The number of hydrogen-bond acceptors (Lipinski definition) is 6. The van der Waals surface area contributed by atoms with Crippen LogP contribution in [0.25, 0.3) is 10.6 Å². The fraction of sp³-hybridized carbons (Fsp3) is 0.0625. The van der Waals surface area contributed by atoms with E-state index in [9.17, 15) is 9.59 Å². The summed E-state index contributed by atoms with van der Waals surface area (Å²) in [6.07, 6.45) is 3.15. The van der Waals surface area contributed by atoms with Gasteiger partial charge in [0.2, 0.25) is 0 Å². The first-order chi connectivity index (χ1) is 19.5. The zero-order valence-corrected chi connectivity index (χ0v) is 24.7. The van der Waals surface area contributed by atoms with Gasteiger partial charge in [-0.15, -0.1) is 34.9 Å². The molecular formula is C32H24CoN2O4S2. The number of ether oxygens (including phenoxy) is 2. The summed E-state index contributed by atoms with van der Waals surface area (Å²) in [7, 11) is 3.27. The van der Waals surface area contributed by atoms with Gasteiger partial charge in [0.15, 0.2) is 11.6 Å². The normalized spacial score (nSPS) is 14.4. The number of carbonyl (C=O) groups excluding carboxylic acids is 2. The number of rotatable bonds is 6. The molecule has 0 aliphatic carbocycles. The summed E-state index contributed by atoms with van der Waals surface area (Å²) >= 11 is 2.96. The Kier molecular flexibility index (Phi) is 10.4. The number of ketones is 2. The molecule has 41 heavy (non-hydrogen) atoms. The zero-order chi connectivity index (χ0) is 27.9. The summed E-state index contributed by atoms with van der Waals surface area (Å²) in [6.45, 7) is 0. The van der Waals surface area contributed by atoms with Crippen LogP contribution >= 0.6 is 23.5 Å². The number of carbonyl (C=O) groups is 2. The number of allylic oxidation sites excluding steroid dienone is 2. The first-order valence-corrected chi connectivity index (χ1v) is 13.9. The third-order valence-electron chi connectivity index (χ3n) is 5.85. The second-order valence-corrected chi connectivity index (χ2v) is 10.6. The number of fused-ring (bicyclic) bond motifs is 2. The molecule has 0 bridgehead atoms. The molecule has 0 unspecified atom stereocenters. The van der Waals surface area contributed by atoms with Crippen LogP contribution in [0.4, 0.5) is 11.4 Å². The van der Waals surface area contributed by atoms with Gasteiger partial charge < -0.3 is 20.1 Å². The largest absolute Gasteiger partial charge is 2.00 e. The van der Waals surface area contributed by atoms with Crippen LogP contribution in [0.15, 0.2) is 129 Å². The molecule has 2 aliphatic rings. The number of methoxy groups -OCH3 is 2. The van der Waals surface area contributed by atoms with Gasteiger partial charge in [0.25, 0.3) is 0 Å². The molecule has 0 aromatic heterocycles. The molecule has 4 aromatic carbocycles. The minimum Gasteiger partial charge on any atom is -0.651 e. The third-order valence-corrected chi connectivity index (χ3v) is 7.78. The maximum absolute atomic E-state index is 12.1. The van der Waals surface area contributed by atoms with E-state index in [-0.39, 0.29) is 28.3 Å². The van der Waals surface area contributed by atoms with E-state index in [1.807, 2.05) is 72.8 Å². The smallest absolute Gasteiger partial charge is 0.651 e. The molecule has 1 radical (unpaired) electrons. The number of nitrogens with zero attached hydrogens (tertiary/aromatic N) is 2. The summed E-state index contributed by atoms with van der Waals surface area (Å²) in [5.41, 5.74) is 3.10. The van der Waals surface area contributed by atoms with Gasteiger partial charge in [0, 0.05) is 11.1 Å². The average Bonchev–Trinajstić information content (AvgIpc) is 3.60. The number of thioether (sulfide) groups is 2. The molecule has 0 spiro atoms. The molecule has 0 fully saturated rings. The van der Waals surface area contributed by atoms with E-state index in [1.54, 1.807) is 50.6 Å². The van der Waals surface area contributed by atoms with Crippen LogP contribution in [0.3, 0.4) is 0 Å². The van der Waals surface area contributed by atoms with Gasteiger partial charge >= 0.3 is 16.8 Å². The van der Waals surface area contributed by atoms with Crippen LogP contribution in [-0.2, 0) is 16.8 Å². The van der Waals surface area contributed by atoms with Crippen molar-refractivity contribution < 1.29 is 35.8 Å². The molecule has 207 valence electrons. The van der Waals surface area contributed by atoms with Crippen molar-refractivity contribution in [2.75, 3.05) is 14.2 Å². The van der Waals surface area contributed by atoms with Crippen molar-refractivity contribution in [3.8, 4) is 11.5 Å². The minimum atomic E-state index is -0.0309. The summed E-state index contributed by atoms with van der Waals surface area (Å²) in [5.74, 6) is 1.53. The van der Waals surface area contributed by atoms with E-state index in [0.29, 0.717) is 21.2 Å². The standard InChI is InChI=1S/2C16H13NO2S.Co/c2*1-19-12-7-8-13-15(9-12)20-16(17-13)10-14(18)11-5-3-2-4-6-11;/h2*2-10H,1H3,(H,17,18);/q;;+2/p-2. The van der Waals surface area contributed by atoms with Crippen LogP contribution in [0.1, 0.15) is 20.7 Å². The van der Waals surface area contributed by atoms with Crippen molar-refractivity contribution in [2.45, 2.75) is 9.79 Å². The SMILES string of the molecule is COc1ccc2c(c1)S/C(=C/C(=O)c1ccccc1)[N-]2.COc1ccc2c(c1)S/C(=C/C(=O)c1ccccc1)[N-]2.[Co+2]. The number of benzene rings is 4. The summed E-state index contributed by atoms with van der Waals surface area (Å²) < 4.78 is 10.4. The van der Waals surface area contributed by atoms with Gasteiger partial charge in [-0.05, 0) is 46.2 Å². The van der Waals surface area contributed by atoms with E-state index in [2.05, 4.69) is 10.6 Å². The predicted molar refractivity (Wildman–Crippen MR) is 161 cm³/mol. The van der Waals surface area contributed by atoms with Gasteiger partial charge in [-0.2, -0.15) is 0 Å². The van der Waals surface area contributed by atoms with Crippen LogP contribution in [-0.4, -0.2) is 25.8 Å². The van der Waals surface area contributed by atoms with E-state index < -0.39 is 0 Å². The Hall–Kier alpha value is -3.89. The molecule has 6 rings (SSSR count). The van der Waals surface area contributed by atoms with Gasteiger partial charge in [-0.1, -0.05) is 82.9 Å². The average molecular weight is 624 g/mol. The van der Waals surface area contributed by atoms with Gasteiger partial charge in [0.05, 0.1) is 14.2 Å². The maximum atomic E-state index is 12.1. The maximum Gasteiger partial charge on any atom is 2.00 e. The van der Waals surface area contributed by atoms with Crippen molar-refractivity contribution in [2.24, 2.45) is 0 Å². The third kappa shape index (κ3) is 7.65. The molecule has 0 N–H and O–H groups in total. The van der Waals surface area contributed by atoms with E-state index in [0.717, 1.165) is 32.7 Å². The molecule has 6 nitrogen and oxygen atoms in total. The topological polar surface area (TPSA) is 80.8 Å². The first kappa shape index (κ1) is 30.1. The van der Waals surface area contributed by atoms with Crippen LogP contribution < -0.4 is 9.47 Å². The molecule has 2 aliphatic heterocycles. The summed E-state index contributed by atoms with van der Waals surface area (Å²) in [5, 5.41) is 10.3. The van der Waals surface area contributed by atoms with Crippen LogP contribution in [0.2, 0.25) is 0 Å². The van der Waals surface area contributed by atoms with Crippen molar-refractivity contribution in [3.63, 3.8) is 0 Å². The zero-order valence-electron chi connectivity index (χ0n) is 22.1. The van der Waals surface area contributed by atoms with Gasteiger partial charge in [-0.25, -0.2) is 0 Å². The minimum absolute atomic E-state index is 0. The Balaban J connectivity index is 0.000000184. The van der Waals surface area contributed by atoms with Crippen molar-refractivity contribution >= 4 is 46.5 Å². The van der Waals surface area contributed by atoms with Gasteiger partial charge in [-0.3, -0.25) is 9.59 Å². The Labute approximate surface area is 257 Å². The van der Waals surface area contributed by atoms with Crippen LogP contribution in [0, 0.1) is 0 Å². The van der Waals surface area contributed by atoms with Gasteiger partial charge in [0.1, 0.15) is 11.5 Å². The molecule has 0 saturated carbocycles. The molecule has 4 aromatic rings. The molecule has 9 heteroatoms. The second kappa shape index (κ2) is 14.1. The molecule has 0 saturated heterocycles. The van der Waals surface area contributed by atoms with E-state index in [4.69, 9.17) is 9.47 Å². The molecule has 0 atom stereocenters. The summed E-state index contributed by atoms with van der Waals surface area (Å²) in [4.78, 5) is 26.2. The van der Waals surface area contributed by atoms with E-state index in [1.165, 1.54) is 23.5 Å². The van der Waals surface area contributed by atoms with Crippen molar-refractivity contribution in [1.29, 1.82) is 0 Å². The Bertz CT molecular complexity index is 1490. The number of hydrogen-bond donors (Lipinski definition) is 0. The Morgan fingerprint density at radius 1 is 0.610 bits per heavy atom.